The molecular weight excluding hydrogens is 631 g/mol. The number of ketones is 2. The van der Waals surface area contributed by atoms with Gasteiger partial charge in [-0.15, -0.1) is 23.2 Å². The molecule has 0 radical (unpaired) electrons. The smallest absolute Gasteiger partial charge is 0.326 e. The fourth-order valence-corrected chi connectivity index (χ4v) is 5.65. The molecule has 0 bridgehead atoms. The Hall–Kier alpha value is -3.08. The normalized spacial score (nSPS) is 17.6. The van der Waals surface area contributed by atoms with Crippen LogP contribution < -0.4 is 5.32 Å². The first-order valence-corrected chi connectivity index (χ1v) is 13.5. The highest BCUT2D eigenvalue weighted by Gasteiger charge is 2.67. The SMILES string of the molecule is CCC(=O)Cc1c(F)ccc(CC(=O)c2cc(NC(=O)[C@H]3[C@H](c4cc(F)cc(C(F)(F)F)c4)C3(Cl)Cl)ccc2Cl)c1F. The summed E-state index contributed by atoms with van der Waals surface area (Å²) in [5.74, 6) is -7.47. The summed E-state index contributed by atoms with van der Waals surface area (Å²) in [5, 5.41) is 2.42. The standard InChI is InChI=1S/C29H20Cl3F6NO3/c1-2-18(40)12-20-22(34)6-3-13(26(20)35)9-23(41)19-11-17(4-5-21(19)30)39-27(42)25-24(28(25,31)32)14-7-15(29(36,37)38)10-16(33)8-14/h3-8,10-11,24-25H,2,9,12H2,1H3,(H,39,42)/t24-,25+/m0/s1. The minimum atomic E-state index is -4.84. The zero-order chi connectivity index (χ0) is 31.1. The molecular formula is C29H20Cl3F6NO3. The number of amides is 1. The second-order valence-electron chi connectivity index (χ2n) is 9.75. The molecule has 0 aliphatic heterocycles. The molecule has 2 atom stereocenters. The quantitative estimate of drug-likeness (QED) is 0.144. The van der Waals surface area contributed by atoms with Crippen LogP contribution in [0.2, 0.25) is 5.02 Å². The number of nitrogens with one attached hydrogen (secondary N) is 1. The van der Waals surface area contributed by atoms with E-state index in [9.17, 15) is 40.7 Å². The number of Topliss-reactive ketones (excluding diaryl/α,β-unsaturated/α-hetero) is 2. The van der Waals surface area contributed by atoms with Gasteiger partial charge in [0.25, 0.3) is 0 Å². The minimum absolute atomic E-state index is 0.0339. The van der Waals surface area contributed by atoms with E-state index in [0.717, 1.165) is 18.2 Å². The van der Waals surface area contributed by atoms with Gasteiger partial charge in [0.05, 0.1) is 16.5 Å². The lowest BCUT2D eigenvalue weighted by molar-refractivity contribution is -0.137. The average molecular weight is 651 g/mol. The lowest BCUT2D eigenvalue weighted by Gasteiger charge is -2.11. The monoisotopic (exact) mass is 649 g/mol. The first kappa shape index (κ1) is 31.8. The number of hydrogen-bond donors (Lipinski definition) is 1. The molecule has 1 aliphatic rings. The summed E-state index contributed by atoms with van der Waals surface area (Å²) >= 11 is 18.6. The molecule has 13 heteroatoms. The number of halogens is 9. The van der Waals surface area contributed by atoms with Gasteiger partial charge in [-0.05, 0) is 53.6 Å². The van der Waals surface area contributed by atoms with Crippen molar-refractivity contribution < 1.29 is 40.7 Å². The van der Waals surface area contributed by atoms with Crippen LogP contribution in [0.15, 0.2) is 48.5 Å². The highest BCUT2D eigenvalue weighted by atomic mass is 35.5. The first-order valence-electron chi connectivity index (χ1n) is 12.4. The predicted molar refractivity (Wildman–Crippen MR) is 146 cm³/mol. The van der Waals surface area contributed by atoms with Gasteiger partial charge in [-0.25, -0.2) is 13.2 Å². The van der Waals surface area contributed by atoms with Crippen LogP contribution in [0, 0.1) is 23.4 Å². The lowest BCUT2D eigenvalue weighted by Crippen LogP contribution is -2.17. The zero-order valence-corrected chi connectivity index (χ0v) is 23.8. The summed E-state index contributed by atoms with van der Waals surface area (Å²) in [6.45, 7) is 1.55. The predicted octanol–water partition coefficient (Wildman–Crippen LogP) is 8.25. The number of anilines is 1. The Bertz CT molecular complexity index is 1590. The Morgan fingerprint density at radius 3 is 2.29 bits per heavy atom. The summed E-state index contributed by atoms with van der Waals surface area (Å²) < 4.78 is 80.7. The molecule has 1 saturated carbocycles. The van der Waals surface area contributed by atoms with Crippen molar-refractivity contribution in [2.45, 2.75) is 42.6 Å². The van der Waals surface area contributed by atoms with Crippen molar-refractivity contribution >= 4 is 58.0 Å². The van der Waals surface area contributed by atoms with Crippen molar-refractivity contribution in [1.82, 2.24) is 0 Å². The van der Waals surface area contributed by atoms with Crippen molar-refractivity contribution in [3.63, 3.8) is 0 Å². The van der Waals surface area contributed by atoms with Crippen molar-refractivity contribution in [2.75, 3.05) is 5.32 Å². The summed E-state index contributed by atoms with van der Waals surface area (Å²) in [5.41, 5.74) is -2.21. The fraction of sp³-hybridized carbons (Fsp3) is 0.276. The van der Waals surface area contributed by atoms with E-state index in [0.29, 0.717) is 12.1 Å². The van der Waals surface area contributed by atoms with E-state index in [-0.39, 0.29) is 33.8 Å². The van der Waals surface area contributed by atoms with E-state index in [2.05, 4.69) is 5.32 Å². The van der Waals surface area contributed by atoms with Crippen molar-refractivity contribution in [2.24, 2.45) is 5.92 Å². The molecule has 1 amide bonds. The number of alkyl halides is 5. The Balaban J connectivity index is 1.53. The maximum atomic E-state index is 15.0. The number of rotatable bonds is 9. The Labute approximate surface area is 250 Å². The number of carbonyl (C=O) groups excluding carboxylic acids is 3. The highest BCUT2D eigenvalue weighted by molar-refractivity contribution is 6.53. The topological polar surface area (TPSA) is 63.2 Å². The van der Waals surface area contributed by atoms with Crippen molar-refractivity contribution in [1.29, 1.82) is 0 Å². The fourth-order valence-electron chi connectivity index (χ4n) is 4.60. The third kappa shape index (κ3) is 6.61. The van der Waals surface area contributed by atoms with Crippen molar-refractivity contribution in [3.8, 4) is 0 Å². The molecule has 4 rings (SSSR count). The first-order chi connectivity index (χ1) is 19.5. The van der Waals surface area contributed by atoms with Crippen LogP contribution in [-0.2, 0) is 28.6 Å². The van der Waals surface area contributed by atoms with Gasteiger partial charge >= 0.3 is 6.18 Å². The van der Waals surface area contributed by atoms with Gasteiger partial charge in [0.2, 0.25) is 5.91 Å². The van der Waals surface area contributed by atoms with Gasteiger partial charge in [0, 0.05) is 42.0 Å². The average Bonchev–Trinajstić information content (AvgIpc) is 3.50. The van der Waals surface area contributed by atoms with E-state index in [4.69, 9.17) is 34.8 Å². The Morgan fingerprint density at radius 2 is 1.64 bits per heavy atom. The molecule has 0 spiro atoms. The number of benzene rings is 3. The molecule has 0 saturated heterocycles. The second-order valence-corrected chi connectivity index (χ2v) is 11.6. The molecule has 1 fully saturated rings. The molecule has 1 aliphatic carbocycles. The molecule has 0 unspecified atom stereocenters. The van der Waals surface area contributed by atoms with Crippen LogP contribution in [0.5, 0.6) is 0 Å². The maximum absolute atomic E-state index is 15.0. The van der Waals surface area contributed by atoms with E-state index in [1.165, 1.54) is 18.2 Å². The zero-order valence-electron chi connectivity index (χ0n) is 21.5. The van der Waals surface area contributed by atoms with E-state index >= 15 is 0 Å². The molecule has 42 heavy (non-hydrogen) atoms. The molecule has 3 aromatic rings. The third-order valence-electron chi connectivity index (χ3n) is 6.86. The largest absolute Gasteiger partial charge is 0.416 e. The van der Waals surface area contributed by atoms with E-state index in [1.54, 1.807) is 6.92 Å². The number of hydrogen-bond acceptors (Lipinski definition) is 3. The molecule has 1 N–H and O–H groups in total. The maximum Gasteiger partial charge on any atom is 0.416 e. The van der Waals surface area contributed by atoms with Crippen LogP contribution in [0.4, 0.5) is 32.0 Å². The lowest BCUT2D eigenvalue weighted by atomic mass is 9.97. The van der Waals surface area contributed by atoms with Crippen LogP contribution in [0.1, 0.15) is 51.9 Å². The summed E-state index contributed by atoms with van der Waals surface area (Å²) in [6, 6.07) is 7.61. The van der Waals surface area contributed by atoms with E-state index in [1.807, 2.05) is 0 Å². The van der Waals surface area contributed by atoms with Crippen LogP contribution in [0.25, 0.3) is 0 Å². The van der Waals surface area contributed by atoms with Gasteiger partial charge in [-0.3, -0.25) is 14.4 Å². The van der Waals surface area contributed by atoms with Crippen LogP contribution >= 0.6 is 34.8 Å². The highest BCUT2D eigenvalue weighted by Crippen LogP contribution is 2.65. The van der Waals surface area contributed by atoms with Gasteiger partial charge in [-0.1, -0.05) is 24.6 Å². The molecule has 3 aromatic carbocycles. The summed E-state index contributed by atoms with van der Waals surface area (Å²) in [7, 11) is 0. The Kier molecular flexibility index (Phi) is 9.02. The number of carbonyl (C=O) groups is 3. The summed E-state index contributed by atoms with van der Waals surface area (Å²) in [6.07, 6.45) is -5.79. The van der Waals surface area contributed by atoms with Crippen molar-refractivity contribution in [3.05, 3.63) is 98.8 Å². The Morgan fingerprint density at radius 1 is 0.952 bits per heavy atom. The second kappa shape index (κ2) is 11.9. The van der Waals surface area contributed by atoms with E-state index < -0.39 is 81.2 Å². The van der Waals surface area contributed by atoms with Gasteiger partial charge in [0.15, 0.2) is 5.78 Å². The molecule has 0 aromatic heterocycles. The summed E-state index contributed by atoms with van der Waals surface area (Å²) in [4.78, 5) is 37.8. The molecule has 4 nitrogen and oxygen atoms in total. The van der Waals surface area contributed by atoms with Gasteiger partial charge in [0.1, 0.15) is 27.6 Å². The van der Waals surface area contributed by atoms with Gasteiger partial charge in [-0.2, -0.15) is 13.2 Å². The van der Waals surface area contributed by atoms with Gasteiger partial charge < -0.3 is 5.32 Å². The minimum Gasteiger partial charge on any atom is -0.326 e. The third-order valence-corrected chi connectivity index (χ3v) is 8.13. The van der Waals surface area contributed by atoms with Crippen LogP contribution in [0.3, 0.4) is 0 Å². The van der Waals surface area contributed by atoms with Crippen LogP contribution in [-0.4, -0.2) is 21.8 Å². The molecule has 0 heterocycles. The molecule has 222 valence electrons.